The van der Waals surface area contributed by atoms with Crippen LogP contribution in [0.1, 0.15) is 52.4 Å². The Morgan fingerprint density at radius 3 is 2.40 bits per heavy atom. The van der Waals surface area contributed by atoms with Crippen molar-refractivity contribution < 1.29 is 8.42 Å². The predicted molar refractivity (Wildman–Crippen MR) is 107 cm³/mol. The maximum atomic E-state index is 11.3. The van der Waals surface area contributed by atoms with Crippen molar-refractivity contribution in [3.8, 4) is 0 Å². The van der Waals surface area contributed by atoms with Gasteiger partial charge in [-0.3, -0.25) is 4.99 Å². The minimum atomic E-state index is -2.93. The molecule has 2 atom stereocenters. The predicted octanol–water partition coefficient (Wildman–Crippen LogP) is 1.88. The highest BCUT2D eigenvalue weighted by Gasteiger charge is 2.25. The van der Waals surface area contributed by atoms with Crippen LogP contribution in [-0.4, -0.2) is 70.6 Å². The van der Waals surface area contributed by atoms with Gasteiger partial charge in [0.2, 0.25) is 0 Å². The number of hydrogen-bond donors (Lipinski definition) is 2. The SMILES string of the molecule is CCNC(=NCC(C1CCCCC1)N(C)C)NC(C)CCS(C)(=O)=O. The number of aliphatic imine (C=N–C) groups is 1. The minimum Gasteiger partial charge on any atom is -0.357 e. The van der Waals surface area contributed by atoms with Crippen LogP contribution in [0.25, 0.3) is 0 Å². The molecule has 0 saturated heterocycles. The molecular formula is C18H38N4O2S. The molecule has 0 aromatic heterocycles. The zero-order valence-corrected chi connectivity index (χ0v) is 17.5. The molecule has 1 aliphatic rings. The van der Waals surface area contributed by atoms with Crippen molar-refractivity contribution in [2.45, 2.75) is 64.5 Å². The fourth-order valence-corrected chi connectivity index (χ4v) is 4.24. The monoisotopic (exact) mass is 374 g/mol. The maximum absolute atomic E-state index is 11.3. The van der Waals surface area contributed by atoms with E-state index in [-0.39, 0.29) is 11.8 Å². The molecule has 0 radical (unpaired) electrons. The van der Waals surface area contributed by atoms with E-state index in [1.165, 1.54) is 38.4 Å². The Hall–Kier alpha value is -0.820. The fraction of sp³-hybridized carbons (Fsp3) is 0.944. The molecule has 0 bridgehead atoms. The second-order valence-electron chi connectivity index (χ2n) is 7.61. The molecule has 0 aromatic rings. The summed E-state index contributed by atoms with van der Waals surface area (Å²) in [5.41, 5.74) is 0. The number of sulfone groups is 1. The van der Waals surface area contributed by atoms with Gasteiger partial charge in [0.05, 0.1) is 12.3 Å². The van der Waals surface area contributed by atoms with E-state index in [0.29, 0.717) is 12.5 Å². The van der Waals surface area contributed by atoms with Gasteiger partial charge in [-0.05, 0) is 53.1 Å². The van der Waals surface area contributed by atoms with Crippen LogP contribution in [0.4, 0.5) is 0 Å². The summed E-state index contributed by atoms with van der Waals surface area (Å²) >= 11 is 0. The Balaban J connectivity index is 2.64. The van der Waals surface area contributed by atoms with Crippen molar-refractivity contribution in [1.29, 1.82) is 0 Å². The van der Waals surface area contributed by atoms with Crippen LogP contribution in [-0.2, 0) is 9.84 Å². The largest absolute Gasteiger partial charge is 0.357 e. The summed E-state index contributed by atoms with van der Waals surface area (Å²) in [5.74, 6) is 1.70. The first-order chi connectivity index (χ1) is 11.7. The van der Waals surface area contributed by atoms with Gasteiger partial charge in [-0.1, -0.05) is 19.3 Å². The number of hydrogen-bond acceptors (Lipinski definition) is 4. The molecule has 0 heterocycles. The van der Waals surface area contributed by atoms with E-state index >= 15 is 0 Å². The van der Waals surface area contributed by atoms with Crippen LogP contribution in [0.5, 0.6) is 0 Å². The molecule has 0 amide bonds. The van der Waals surface area contributed by atoms with E-state index in [2.05, 4.69) is 29.6 Å². The number of nitrogens with zero attached hydrogens (tertiary/aromatic N) is 2. The molecule has 0 aromatic carbocycles. The lowest BCUT2D eigenvalue weighted by Gasteiger charge is -2.34. The third kappa shape index (κ3) is 9.45. The molecule has 2 unspecified atom stereocenters. The molecule has 0 aliphatic heterocycles. The Labute approximate surface area is 154 Å². The first kappa shape index (κ1) is 22.2. The van der Waals surface area contributed by atoms with E-state index < -0.39 is 9.84 Å². The summed E-state index contributed by atoms with van der Waals surface area (Å²) in [5, 5.41) is 6.62. The normalized spacial score (nSPS) is 19.7. The van der Waals surface area contributed by atoms with Crippen molar-refractivity contribution in [3.05, 3.63) is 0 Å². The summed E-state index contributed by atoms with van der Waals surface area (Å²) in [6.07, 6.45) is 8.50. The van der Waals surface area contributed by atoms with Crippen molar-refractivity contribution in [1.82, 2.24) is 15.5 Å². The van der Waals surface area contributed by atoms with Crippen molar-refractivity contribution in [2.24, 2.45) is 10.9 Å². The number of likely N-dealkylation sites (N-methyl/N-ethyl adjacent to an activating group) is 1. The second-order valence-corrected chi connectivity index (χ2v) is 9.87. The Kier molecular flexibility index (Phi) is 9.79. The zero-order valence-electron chi connectivity index (χ0n) is 16.7. The standard InChI is InChI=1S/C18H38N4O2S/c1-6-19-18(21-15(2)12-13-25(5,23)24)20-14-17(22(3)4)16-10-8-7-9-11-16/h15-17H,6-14H2,1-5H3,(H2,19,20,21). The van der Waals surface area contributed by atoms with E-state index in [9.17, 15) is 8.42 Å². The van der Waals surface area contributed by atoms with Gasteiger partial charge in [0, 0.05) is 24.9 Å². The second kappa shape index (κ2) is 11.0. The van der Waals surface area contributed by atoms with Crippen molar-refractivity contribution in [3.63, 3.8) is 0 Å². The van der Waals surface area contributed by atoms with E-state index in [4.69, 9.17) is 4.99 Å². The van der Waals surface area contributed by atoms with Crippen LogP contribution in [0.15, 0.2) is 4.99 Å². The van der Waals surface area contributed by atoms with Crippen LogP contribution in [0.2, 0.25) is 0 Å². The van der Waals surface area contributed by atoms with E-state index in [1.54, 1.807) is 0 Å². The van der Waals surface area contributed by atoms with Crippen LogP contribution >= 0.6 is 0 Å². The molecule has 25 heavy (non-hydrogen) atoms. The topological polar surface area (TPSA) is 73.8 Å². The fourth-order valence-electron chi connectivity index (χ4n) is 3.45. The highest BCUT2D eigenvalue weighted by molar-refractivity contribution is 7.90. The summed E-state index contributed by atoms with van der Waals surface area (Å²) < 4.78 is 22.7. The van der Waals surface area contributed by atoms with Crippen LogP contribution in [0.3, 0.4) is 0 Å². The van der Waals surface area contributed by atoms with E-state index in [1.807, 2.05) is 13.8 Å². The molecule has 1 fully saturated rings. The Morgan fingerprint density at radius 1 is 1.24 bits per heavy atom. The van der Waals surface area contributed by atoms with Gasteiger partial charge in [0.25, 0.3) is 0 Å². The third-order valence-corrected chi connectivity index (χ3v) is 5.92. The first-order valence-corrected chi connectivity index (χ1v) is 11.7. The smallest absolute Gasteiger partial charge is 0.191 e. The van der Waals surface area contributed by atoms with Gasteiger partial charge >= 0.3 is 0 Å². The molecular weight excluding hydrogens is 336 g/mol. The number of rotatable bonds is 9. The van der Waals surface area contributed by atoms with Gasteiger partial charge in [0.15, 0.2) is 5.96 Å². The summed E-state index contributed by atoms with van der Waals surface area (Å²) in [7, 11) is 1.36. The lowest BCUT2D eigenvalue weighted by Crippen LogP contribution is -2.45. The van der Waals surface area contributed by atoms with Gasteiger partial charge in [-0.15, -0.1) is 0 Å². The van der Waals surface area contributed by atoms with Gasteiger partial charge in [0.1, 0.15) is 9.84 Å². The molecule has 0 spiro atoms. The highest BCUT2D eigenvalue weighted by atomic mass is 32.2. The van der Waals surface area contributed by atoms with E-state index in [0.717, 1.165) is 25.0 Å². The number of guanidine groups is 1. The molecule has 7 heteroatoms. The lowest BCUT2D eigenvalue weighted by molar-refractivity contribution is 0.176. The number of nitrogens with one attached hydrogen (secondary N) is 2. The Morgan fingerprint density at radius 2 is 1.88 bits per heavy atom. The average molecular weight is 375 g/mol. The summed E-state index contributed by atoms with van der Waals surface area (Å²) in [4.78, 5) is 7.10. The molecule has 1 aliphatic carbocycles. The minimum absolute atomic E-state index is 0.0695. The van der Waals surface area contributed by atoms with Gasteiger partial charge in [-0.25, -0.2) is 8.42 Å². The Bertz CT molecular complexity index is 499. The summed E-state index contributed by atoms with van der Waals surface area (Å²) in [6.45, 7) is 5.61. The first-order valence-electron chi connectivity index (χ1n) is 9.62. The van der Waals surface area contributed by atoms with Crippen molar-refractivity contribution in [2.75, 3.05) is 39.2 Å². The molecule has 1 rings (SSSR count). The van der Waals surface area contributed by atoms with Crippen LogP contribution < -0.4 is 10.6 Å². The third-order valence-electron chi connectivity index (χ3n) is 4.94. The lowest BCUT2D eigenvalue weighted by atomic mass is 9.83. The van der Waals surface area contributed by atoms with Gasteiger partial charge in [-0.2, -0.15) is 0 Å². The highest BCUT2D eigenvalue weighted by Crippen LogP contribution is 2.28. The molecule has 2 N–H and O–H groups in total. The van der Waals surface area contributed by atoms with Gasteiger partial charge < -0.3 is 15.5 Å². The summed E-state index contributed by atoms with van der Waals surface area (Å²) in [6, 6.07) is 0.530. The molecule has 148 valence electrons. The van der Waals surface area contributed by atoms with Crippen molar-refractivity contribution >= 4 is 15.8 Å². The zero-order chi connectivity index (χ0) is 18.9. The average Bonchev–Trinajstić information content (AvgIpc) is 2.53. The van der Waals surface area contributed by atoms with Crippen LogP contribution in [0, 0.1) is 5.92 Å². The molecule has 1 saturated carbocycles. The quantitative estimate of drug-likeness (QED) is 0.476. The molecule has 6 nitrogen and oxygen atoms in total. The maximum Gasteiger partial charge on any atom is 0.191 e.